The topological polar surface area (TPSA) is 75.4 Å². The lowest BCUT2D eigenvalue weighted by Crippen LogP contribution is -2.29. The fourth-order valence-corrected chi connectivity index (χ4v) is 4.25. The number of aromatic nitrogens is 1. The van der Waals surface area contributed by atoms with E-state index in [9.17, 15) is 9.59 Å². The lowest BCUT2D eigenvalue weighted by molar-refractivity contribution is -0.108. The normalized spacial score (nSPS) is 11.3. The van der Waals surface area contributed by atoms with Gasteiger partial charge in [0.25, 0.3) is 0 Å². The highest BCUT2D eigenvalue weighted by Crippen LogP contribution is 2.11. The number of nitrogens with one attached hydrogen (secondary N) is 1. The van der Waals surface area contributed by atoms with E-state index in [1.54, 1.807) is 11.9 Å². The van der Waals surface area contributed by atoms with E-state index in [0.717, 1.165) is 62.1 Å². The third kappa shape index (κ3) is 17.1. The van der Waals surface area contributed by atoms with Crippen molar-refractivity contribution in [3.8, 4) is 0 Å². The first-order chi connectivity index (χ1) is 15.3. The van der Waals surface area contributed by atoms with Crippen LogP contribution in [0.4, 0.5) is 0 Å². The van der Waals surface area contributed by atoms with E-state index in [2.05, 4.69) is 14.8 Å². The molecule has 0 radical (unpaired) electrons. The van der Waals surface area contributed by atoms with E-state index in [0.29, 0.717) is 12.8 Å². The summed E-state index contributed by atoms with van der Waals surface area (Å²) >= 11 is 1.69. The molecule has 1 aromatic heterocycles. The molecule has 0 bridgehead atoms. The van der Waals surface area contributed by atoms with Gasteiger partial charge in [0, 0.05) is 25.5 Å². The zero-order chi connectivity index (χ0) is 22.4. The molecule has 0 aliphatic heterocycles. The molecule has 0 atom stereocenters. The summed E-state index contributed by atoms with van der Waals surface area (Å²) < 4.78 is 8.54. The van der Waals surface area contributed by atoms with Crippen LogP contribution >= 0.6 is 11.9 Å². The molecule has 0 saturated heterocycles. The summed E-state index contributed by atoms with van der Waals surface area (Å²) in [6.45, 7) is 6.39. The number of hydrogen-bond donors (Lipinski definition) is 1. The third-order valence-corrected chi connectivity index (χ3v) is 6.19. The van der Waals surface area contributed by atoms with Crippen LogP contribution in [-0.4, -0.2) is 48.8 Å². The van der Waals surface area contributed by atoms with Gasteiger partial charge in [-0.15, -0.1) is 0 Å². The number of aldehydes is 2. The molecular formula is C24H43N3O3S. The summed E-state index contributed by atoms with van der Waals surface area (Å²) in [5, 5.41) is 4.01. The van der Waals surface area contributed by atoms with Gasteiger partial charge in [-0.1, -0.05) is 55.6 Å². The molecule has 0 saturated carbocycles. The highest BCUT2D eigenvalue weighted by atomic mass is 32.2. The molecule has 1 N–H and O–H groups in total. The Morgan fingerprint density at radius 1 is 0.871 bits per heavy atom. The van der Waals surface area contributed by atoms with Crippen molar-refractivity contribution in [2.45, 2.75) is 96.1 Å². The van der Waals surface area contributed by atoms with Crippen molar-refractivity contribution >= 4 is 24.5 Å². The van der Waals surface area contributed by atoms with Crippen molar-refractivity contribution in [3.63, 3.8) is 0 Å². The van der Waals surface area contributed by atoms with E-state index in [1.165, 1.54) is 64.5 Å². The van der Waals surface area contributed by atoms with Gasteiger partial charge in [-0.2, -0.15) is 0 Å². The highest BCUT2D eigenvalue weighted by Gasteiger charge is 2.05. The Labute approximate surface area is 193 Å². The van der Waals surface area contributed by atoms with E-state index in [1.807, 2.05) is 13.0 Å². The number of rotatable bonds is 23. The number of aryl methyl sites for hydroxylation is 1. The molecule has 178 valence electrons. The van der Waals surface area contributed by atoms with Crippen molar-refractivity contribution in [3.05, 3.63) is 17.5 Å². The maximum absolute atomic E-state index is 10.4. The Balaban J connectivity index is 2.14. The van der Waals surface area contributed by atoms with Gasteiger partial charge in [-0.05, 0) is 58.7 Å². The second-order valence-electron chi connectivity index (χ2n) is 8.25. The summed E-state index contributed by atoms with van der Waals surface area (Å²) in [5.41, 5.74) is 0.984. The summed E-state index contributed by atoms with van der Waals surface area (Å²) in [6, 6.07) is 1.98. The van der Waals surface area contributed by atoms with Gasteiger partial charge in [0.05, 0.1) is 11.4 Å². The van der Waals surface area contributed by atoms with Crippen LogP contribution in [0, 0.1) is 6.92 Å². The smallest absolute Gasteiger partial charge is 0.133 e. The largest absolute Gasteiger partial charge is 0.361 e. The Hall–Kier alpha value is -1.18. The minimum atomic E-state index is 0.709. The number of unbranched alkanes of at least 4 members (excludes halogenated alkanes) is 10. The zero-order valence-corrected chi connectivity index (χ0v) is 20.3. The predicted molar refractivity (Wildman–Crippen MR) is 129 cm³/mol. The number of carbonyl (C=O) groups is 2. The van der Waals surface area contributed by atoms with Crippen molar-refractivity contribution in [1.29, 1.82) is 0 Å². The van der Waals surface area contributed by atoms with E-state index in [-0.39, 0.29) is 0 Å². The molecule has 31 heavy (non-hydrogen) atoms. The molecule has 6 nitrogen and oxygen atoms in total. The predicted octanol–water partition coefficient (Wildman–Crippen LogP) is 5.49. The minimum Gasteiger partial charge on any atom is -0.361 e. The molecule has 7 heteroatoms. The molecule has 0 aromatic carbocycles. The molecule has 0 aliphatic rings. The summed E-state index contributed by atoms with van der Waals surface area (Å²) in [5.74, 6) is 1.69. The first kappa shape index (κ1) is 27.9. The molecular weight excluding hydrogens is 410 g/mol. The SMILES string of the molecule is Cc1cc(CSNCCCN(CCCCCCCC=O)CCCCCCCC=O)no1. The van der Waals surface area contributed by atoms with Crippen LogP contribution in [0.3, 0.4) is 0 Å². The van der Waals surface area contributed by atoms with Crippen LogP contribution in [0.15, 0.2) is 10.6 Å². The van der Waals surface area contributed by atoms with Gasteiger partial charge in [-0.25, -0.2) is 0 Å². The second kappa shape index (κ2) is 20.7. The number of nitrogens with zero attached hydrogens (tertiary/aromatic N) is 2. The highest BCUT2D eigenvalue weighted by molar-refractivity contribution is 7.96. The average Bonchev–Trinajstić information content (AvgIpc) is 3.19. The maximum atomic E-state index is 10.4. The van der Waals surface area contributed by atoms with E-state index < -0.39 is 0 Å². The van der Waals surface area contributed by atoms with Crippen molar-refractivity contribution in [1.82, 2.24) is 14.8 Å². The maximum Gasteiger partial charge on any atom is 0.133 e. The van der Waals surface area contributed by atoms with Crippen LogP contribution in [0.25, 0.3) is 0 Å². The van der Waals surface area contributed by atoms with Gasteiger partial charge >= 0.3 is 0 Å². The fraction of sp³-hybridized carbons (Fsp3) is 0.792. The Morgan fingerprint density at radius 3 is 1.97 bits per heavy atom. The van der Waals surface area contributed by atoms with Gasteiger partial charge in [-0.3, -0.25) is 4.72 Å². The summed E-state index contributed by atoms with van der Waals surface area (Å²) in [7, 11) is 0. The van der Waals surface area contributed by atoms with Crippen molar-refractivity contribution in [2.75, 3.05) is 26.2 Å². The molecule has 0 spiro atoms. The molecule has 0 amide bonds. The third-order valence-electron chi connectivity index (χ3n) is 5.34. The molecule has 1 heterocycles. The minimum absolute atomic E-state index is 0.709. The van der Waals surface area contributed by atoms with E-state index >= 15 is 0 Å². The zero-order valence-electron chi connectivity index (χ0n) is 19.5. The lowest BCUT2D eigenvalue weighted by atomic mass is 10.1. The monoisotopic (exact) mass is 453 g/mol. The lowest BCUT2D eigenvalue weighted by Gasteiger charge is -2.22. The van der Waals surface area contributed by atoms with Crippen LogP contribution in [0.5, 0.6) is 0 Å². The molecule has 1 aromatic rings. The Kier molecular flexibility index (Phi) is 18.6. The second-order valence-corrected chi connectivity index (χ2v) is 9.12. The first-order valence-electron chi connectivity index (χ1n) is 12.1. The van der Waals surface area contributed by atoms with Gasteiger partial charge in [0.15, 0.2) is 0 Å². The standard InChI is InChI=1S/C24H43N3O3S/c1-23-21-24(26-30-23)22-31-25-15-14-18-27(16-10-6-2-4-8-12-19-28)17-11-7-3-5-9-13-20-29/h19-21,25H,2-18,22H2,1H3. The average molecular weight is 454 g/mol. The molecule has 0 unspecified atom stereocenters. The quantitative estimate of drug-likeness (QED) is 0.133. The van der Waals surface area contributed by atoms with Crippen LogP contribution in [0.2, 0.25) is 0 Å². The van der Waals surface area contributed by atoms with Crippen LogP contribution in [-0.2, 0) is 15.3 Å². The number of carbonyl (C=O) groups excluding carboxylic acids is 2. The summed E-state index contributed by atoms with van der Waals surface area (Å²) in [6.07, 6.45) is 16.5. The van der Waals surface area contributed by atoms with Crippen molar-refractivity contribution in [2.24, 2.45) is 0 Å². The first-order valence-corrected chi connectivity index (χ1v) is 13.1. The number of hydrogen-bond acceptors (Lipinski definition) is 7. The van der Waals surface area contributed by atoms with Gasteiger partial charge < -0.3 is 19.0 Å². The van der Waals surface area contributed by atoms with E-state index in [4.69, 9.17) is 4.52 Å². The van der Waals surface area contributed by atoms with Gasteiger partial charge in [0.2, 0.25) is 0 Å². The Morgan fingerprint density at radius 2 is 1.42 bits per heavy atom. The van der Waals surface area contributed by atoms with Crippen LogP contribution < -0.4 is 4.72 Å². The molecule has 1 rings (SSSR count). The fourth-order valence-electron chi connectivity index (χ4n) is 3.58. The molecule has 0 aliphatic carbocycles. The van der Waals surface area contributed by atoms with Gasteiger partial charge in [0.1, 0.15) is 18.3 Å². The van der Waals surface area contributed by atoms with Crippen molar-refractivity contribution < 1.29 is 14.1 Å². The van der Waals surface area contributed by atoms with Crippen LogP contribution in [0.1, 0.15) is 94.9 Å². The Bertz CT molecular complexity index is 532. The molecule has 0 fully saturated rings. The summed E-state index contributed by atoms with van der Waals surface area (Å²) in [4.78, 5) is 23.4.